The van der Waals surface area contributed by atoms with Crippen LogP contribution in [0.2, 0.25) is 0 Å². The van der Waals surface area contributed by atoms with Crippen LogP contribution in [0.5, 0.6) is 0 Å². The molecule has 2 fully saturated rings. The van der Waals surface area contributed by atoms with Crippen LogP contribution < -0.4 is 5.73 Å². The van der Waals surface area contributed by atoms with Crippen molar-refractivity contribution in [3.8, 4) is 0 Å². The fraction of sp³-hybridized carbons (Fsp3) is 0.923. The van der Waals surface area contributed by atoms with Crippen molar-refractivity contribution in [1.82, 2.24) is 4.90 Å². The van der Waals surface area contributed by atoms with Crippen molar-refractivity contribution in [3.63, 3.8) is 0 Å². The summed E-state index contributed by atoms with van der Waals surface area (Å²) in [5.74, 6) is 0.610. The average Bonchev–Trinajstić information content (AvgIpc) is 2.86. The second kappa shape index (κ2) is 4.02. The fourth-order valence-corrected chi connectivity index (χ4v) is 2.87. The van der Waals surface area contributed by atoms with Gasteiger partial charge in [-0.1, -0.05) is 13.8 Å². The number of amides is 1. The molecule has 16 heavy (non-hydrogen) atoms. The minimum atomic E-state index is 0.103. The first kappa shape index (κ1) is 11.9. The van der Waals surface area contributed by atoms with Crippen LogP contribution in [0.3, 0.4) is 0 Å². The quantitative estimate of drug-likeness (QED) is 0.777. The van der Waals surface area contributed by atoms with E-state index in [0.29, 0.717) is 5.91 Å². The molecule has 0 aromatic rings. The molecule has 1 aliphatic heterocycles. The molecule has 1 amide bonds. The van der Waals surface area contributed by atoms with Gasteiger partial charge >= 0.3 is 0 Å². The molecule has 0 aromatic heterocycles. The van der Waals surface area contributed by atoms with Gasteiger partial charge in [-0.25, -0.2) is 0 Å². The SMILES string of the molecule is CC(N)C1CCCCN1C(=O)C1CC1(C)C. The van der Waals surface area contributed by atoms with E-state index in [0.717, 1.165) is 25.8 Å². The average molecular weight is 224 g/mol. The second-order valence-electron chi connectivity index (χ2n) is 6.20. The van der Waals surface area contributed by atoms with Gasteiger partial charge in [0.15, 0.2) is 0 Å². The molecular formula is C13H24N2O. The van der Waals surface area contributed by atoms with Crippen LogP contribution in [0.25, 0.3) is 0 Å². The van der Waals surface area contributed by atoms with Gasteiger partial charge in [0.05, 0.1) is 0 Å². The maximum absolute atomic E-state index is 12.4. The monoisotopic (exact) mass is 224 g/mol. The van der Waals surface area contributed by atoms with E-state index in [1.165, 1.54) is 6.42 Å². The van der Waals surface area contributed by atoms with E-state index in [-0.39, 0.29) is 23.4 Å². The third-order valence-electron chi connectivity index (χ3n) is 4.25. The van der Waals surface area contributed by atoms with Crippen molar-refractivity contribution in [1.29, 1.82) is 0 Å². The standard InChI is InChI=1S/C13H24N2O/c1-9(14)11-6-4-5-7-15(11)12(16)10-8-13(10,2)3/h9-11H,4-8,14H2,1-3H3. The maximum atomic E-state index is 12.4. The summed E-state index contributed by atoms with van der Waals surface area (Å²) in [6, 6.07) is 0.378. The molecule has 0 radical (unpaired) electrons. The van der Waals surface area contributed by atoms with Crippen molar-refractivity contribution in [2.45, 2.75) is 58.5 Å². The minimum absolute atomic E-state index is 0.103. The predicted molar refractivity (Wildman–Crippen MR) is 64.9 cm³/mol. The van der Waals surface area contributed by atoms with Gasteiger partial charge in [-0.15, -0.1) is 0 Å². The van der Waals surface area contributed by atoms with E-state index in [1.807, 2.05) is 6.92 Å². The first-order valence-corrected chi connectivity index (χ1v) is 6.49. The molecule has 0 aromatic carbocycles. The number of rotatable bonds is 2. The van der Waals surface area contributed by atoms with E-state index in [1.54, 1.807) is 0 Å². The number of hydrogen-bond acceptors (Lipinski definition) is 2. The Labute approximate surface area is 98.4 Å². The molecule has 2 aliphatic rings. The Morgan fingerprint density at radius 3 is 2.56 bits per heavy atom. The topological polar surface area (TPSA) is 46.3 Å². The number of nitrogens with zero attached hydrogens (tertiary/aromatic N) is 1. The molecule has 1 heterocycles. The highest BCUT2D eigenvalue weighted by atomic mass is 16.2. The van der Waals surface area contributed by atoms with Crippen LogP contribution in [-0.4, -0.2) is 29.4 Å². The predicted octanol–water partition coefficient (Wildman–Crippen LogP) is 1.76. The fourth-order valence-electron chi connectivity index (χ4n) is 2.87. The number of hydrogen-bond donors (Lipinski definition) is 1. The van der Waals surface area contributed by atoms with E-state index in [2.05, 4.69) is 18.7 Å². The summed E-state index contributed by atoms with van der Waals surface area (Å²) >= 11 is 0. The van der Waals surface area contributed by atoms with E-state index >= 15 is 0 Å². The summed E-state index contributed by atoms with van der Waals surface area (Å²) in [6.45, 7) is 7.30. The summed E-state index contributed by atoms with van der Waals surface area (Å²) in [7, 11) is 0. The van der Waals surface area contributed by atoms with Gasteiger partial charge in [0.1, 0.15) is 0 Å². The van der Waals surface area contributed by atoms with Gasteiger partial charge in [-0.05, 0) is 38.0 Å². The third kappa shape index (κ3) is 2.10. The number of carbonyl (C=O) groups is 1. The summed E-state index contributed by atoms with van der Waals surface area (Å²) < 4.78 is 0. The molecule has 0 spiro atoms. The van der Waals surface area contributed by atoms with Crippen molar-refractivity contribution >= 4 is 5.91 Å². The molecule has 0 bridgehead atoms. The van der Waals surface area contributed by atoms with Gasteiger partial charge in [0.2, 0.25) is 5.91 Å². The maximum Gasteiger partial charge on any atom is 0.226 e. The van der Waals surface area contributed by atoms with Crippen LogP contribution in [0, 0.1) is 11.3 Å². The first-order chi connectivity index (χ1) is 7.43. The first-order valence-electron chi connectivity index (χ1n) is 6.49. The zero-order chi connectivity index (χ0) is 11.9. The Kier molecular flexibility index (Phi) is 2.99. The Morgan fingerprint density at radius 1 is 1.44 bits per heavy atom. The number of likely N-dealkylation sites (tertiary alicyclic amines) is 1. The summed E-state index contributed by atoms with van der Waals surface area (Å²) in [5.41, 5.74) is 6.22. The Bertz CT molecular complexity index is 286. The van der Waals surface area contributed by atoms with Crippen LogP contribution >= 0.6 is 0 Å². The largest absolute Gasteiger partial charge is 0.338 e. The van der Waals surface area contributed by atoms with Gasteiger partial charge in [-0.3, -0.25) is 4.79 Å². The van der Waals surface area contributed by atoms with Gasteiger partial charge in [0, 0.05) is 24.5 Å². The second-order valence-corrected chi connectivity index (χ2v) is 6.20. The van der Waals surface area contributed by atoms with E-state index in [4.69, 9.17) is 5.73 Å². The molecule has 3 nitrogen and oxygen atoms in total. The molecule has 1 aliphatic carbocycles. The zero-order valence-electron chi connectivity index (χ0n) is 10.7. The Morgan fingerprint density at radius 2 is 2.06 bits per heavy atom. The molecule has 3 atom stereocenters. The van der Waals surface area contributed by atoms with E-state index < -0.39 is 0 Å². The highest BCUT2D eigenvalue weighted by Crippen LogP contribution is 2.52. The lowest BCUT2D eigenvalue weighted by Crippen LogP contribution is -2.52. The molecule has 3 unspecified atom stereocenters. The Hall–Kier alpha value is -0.570. The van der Waals surface area contributed by atoms with Crippen LogP contribution in [-0.2, 0) is 4.79 Å². The lowest BCUT2D eigenvalue weighted by atomic mass is 9.96. The molecule has 2 N–H and O–H groups in total. The molecule has 1 saturated carbocycles. The number of carbonyl (C=O) groups excluding carboxylic acids is 1. The molecular weight excluding hydrogens is 200 g/mol. The highest BCUT2D eigenvalue weighted by molar-refractivity contribution is 5.83. The van der Waals surface area contributed by atoms with Crippen LogP contribution in [0.4, 0.5) is 0 Å². The summed E-state index contributed by atoms with van der Waals surface area (Å²) in [4.78, 5) is 14.4. The van der Waals surface area contributed by atoms with Crippen molar-refractivity contribution in [2.24, 2.45) is 17.1 Å². The molecule has 2 rings (SSSR count). The lowest BCUT2D eigenvalue weighted by molar-refractivity contribution is -0.137. The highest BCUT2D eigenvalue weighted by Gasteiger charge is 2.52. The summed E-state index contributed by atoms with van der Waals surface area (Å²) in [5, 5.41) is 0. The van der Waals surface area contributed by atoms with E-state index in [9.17, 15) is 4.79 Å². The summed E-state index contributed by atoms with van der Waals surface area (Å²) in [6.07, 6.45) is 4.48. The van der Waals surface area contributed by atoms with Gasteiger partial charge in [-0.2, -0.15) is 0 Å². The number of piperidine rings is 1. The normalized spacial score (nSPS) is 34.6. The number of nitrogens with two attached hydrogens (primary N) is 1. The Balaban J connectivity index is 2.03. The van der Waals surface area contributed by atoms with Crippen molar-refractivity contribution < 1.29 is 4.79 Å². The molecule has 1 saturated heterocycles. The van der Waals surface area contributed by atoms with Crippen LogP contribution in [0.1, 0.15) is 46.5 Å². The van der Waals surface area contributed by atoms with Gasteiger partial charge in [0.25, 0.3) is 0 Å². The van der Waals surface area contributed by atoms with Crippen molar-refractivity contribution in [3.05, 3.63) is 0 Å². The smallest absolute Gasteiger partial charge is 0.226 e. The third-order valence-corrected chi connectivity index (χ3v) is 4.25. The molecule has 92 valence electrons. The van der Waals surface area contributed by atoms with Crippen molar-refractivity contribution in [2.75, 3.05) is 6.54 Å². The lowest BCUT2D eigenvalue weighted by Gasteiger charge is -2.38. The van der Waals surface area contributed by atoms with Gasteiger partial charge < -0.3 is 10.6 Å². The minimum Gasteiger partial charge on any atom is -0.338 e. The zero-order valence-corrected chi connectivity index (χ0v) is 10.7. The molecule has 3 heteroatoms. The van der Waals surface area contributed by atoms with Crippen LogP contribution in [0.15, 0.2) is 0 Å².